The maximum Gasteiger partial charge on any atom is 0.129 e. The second kappa shape index (κ2) is 6.68. The number of halogens is 2. The second-order valence-corrected chi connectivity index (χ2v) is 4.99. The fourth-order valence-electron chi connectivity index (χ4n) is 2.07. The van der Waals surface area contributed by atoms with E-state index in [4.69, 9.17) is 17.3 Å². The molecule has 0 spiro atoms. The van der Waals surface area contributed by atoms with E-state index < -0.39 is 0 Å². The average Bonchev–Trinajstić information content (AvgIpc) is 2.42. The first-order valence-electron chi connectivity index (χ1n) is 6.51. The first kappa shape index (κ1) is 14.8. The van der Waals surface area contributed by atoms with Gasteiger partial charge in [-0.1, -0.05) is 24.6 Å². The van der Waals surface area contributed by atoms with Gasteiger partial charge in [0.15, 0.2) is 0 Å². The molecule has 3 nitrogen and oxygen atoms in total. The van der Waals surface area contributed by atoms with Gasteiger partial charge in [-0.15, -0.1) is 0 Å². The zero-order valence-corrected chi connectivity index (χ0v) is 12.0. The summed E-state index contributed by atoms with van der Waals surface area (Å²) in [4.78, 5) is 4.08. The summed E-state index contributed by atoms with van der Waals surface area (Å²) in [6, 6.07) is 6.04. The highest BCUT2D eigenvalue weighted by molar-refractivity contribution is 6.30. The Kier molecular flexibility index (Phi) is 4.93. The third kappa shape index (κ3) is 3.26. The summed E-state index contributed by atoms with van der Waals surface area (Å²) in [6.07, 6.45) is 4.22. The molecule has 0 bridgehead atoms. The van der Waals surface area contributed by atoms with Crippen LogP contribution in [-0.2, 0) is 0 Å². The van der Waals surface area contributed by atoms with Gasteiger partial charge in [0.05, 0.1) is 6.04 Å². The summed E-state index contributed by atoms with van der Waals surface area (Å²) in [7, 11) is 0. The Hall–Kier alpha value is -1.65. The van der Waals surface area contributed by atoms with Crippen LogP contribution in [0.15, 0.2) is 36.7 Å². The van der Waals surface area contributed by atoms with Crippen LogP contribution in [0.25, 0.3) is 0 Å². The molecule has 1 aromatic carbocycles. The molecule has 0 radical (unpaired) electrons. The van der Waals surface area contributed by atoms with Crippen LogP contribution in [0.5, 0.6) is 0 Å². The summed E-state index contributed by atoms with van der Waals surface area (Å²) in [6.45, 7) is 2.80. The Balaban J connectivity index is 2.44. The first-order chi connectivity index (χ1) is 9.63. The molecular formula is C15H17ClFN3. The number of pyridine rings is 1. The quantitative estimate of drug-likeness (QED) is 0.886. The molecule has 1 atom stereocenters. The lowest BCUT2D eigenvalue weighted by atomic mass is 9.98. The fourth-order valence-corrected chi connectivity index (χ4v) is 2.23. The first-order valence-corrected chi connectivity index (χ1v) is 6.89. The van der Waals surface area contributed by atoms with Crippen molar-refractivity contribution in [3.8, 4) is 0 Å². The van der Waals surface area contributed by atoms with Crippen LogP contribution in [0.4, 0.5) is 10.1 Å². The molecule has 1 unspecified atom stereocenters. The van der Waals surface area contributed by atoms with Crippen molar-refractivity contribution in [2.24, 2.45) is 0 Å². The molecule has 0 aliphatic rings. The predicted molar refractivity (Wildman–Crippen MR) is 80.2 cm³/mol. The zero-order valence-electron chi connectivity index (χ0n) is 11.2. The summed E-state index contributed by atoms with van der Waals surface area (Å²) in [5.41, 5.74) is 7.85. The summed E-state index contributed by atoms with van der Waals surface area (Å²) < 4.78 is 14.2. The molecule has 0 aliphatic carbocycles. The van der Waals surface area contributed by atoms with Gasteiger partial charge in [-0.25, -0.2) is 4.39 Å². The highest BCUT2D eigenvalue weighted by Crippen LogP contribution is 2.29. The van der Waals surface area contributed by atoms with Gasteiger partial charge in [0, 0.05) is 34.2 Å². The minimum atomic E-state index is -0.352. The molecule has 3 N–H and O–H groups in total. The minimum absolute atomic E-state index is 0.332. The number of anilines is 1. The summed E-state index contributed by atoms with van der Waals surface area (Å²) in [5, 5.41) is 3.67. The van der Waals surface area contributed by atoms with E-state index in [0.29, 0.717) is 16.3 Å². The van der Waals surface area contributed by atoms with Crippen molar-refractivity contribution in [1.82, 2.24) is 10.3 Å². The third-order valence-corrected chi connectivity index (χ3v) is 3.31. The summed E-state index contributed by atoms with van der Waals surface area (Å²) in [5.74, 6) is -0.352. The second-order valence-electron chi connectivity index (χ2n) is 4.56. The molecule has 2 rings (SSSR count). The van der Waals surface area contributed by atoms with Gasteiger partial charge in [-0.3, -0.25) is 4.98 Å². The van der Waals surface area contributed by atoms with Crippen molar-refractivity contribution in [2.75, 3.05) is 12.3 Å². The Morgan fingerprint density at radius 1 is 1.35 bits per heavy atom. The lowest BCUT2D eigenvalue weighted by Crippen LogP contribution is -2.25. The smallest absolute Gasteiger partial charge is 0.129 e. The van der Waals surface area contributed by atoms with Gasteiger partial charge < -0.3 is 11.1 Å². The number of nitrogen functional groups attached to an aromatic ring is 1. The highest BCUT2D eigenvalue weighted by atomic mass is 35.5. The molecule has 106 valence electrons. The van der Waals surface area contributed by atoms with E-state index in [2.05, 4.69) is 17.2 Å². The lowest BCUT2D eigenvalue weighted by molar-refractivity contribution is 0.547. The maximum atomic E-state index is 14.2. The van der Waals surface area contributed by atoms with Crippen molar-refractivity contribution in [3.05, 3.63) is 58.6 Å². The van der Waals surface area contributed by atoms with Gasteiger partial charge in [-0.2, -0.15) is 0 Å². The van der Waals surface area contributed by atoms with E-state index in [-0.39, 0.29) is 11.9 Å². The predicted octanol–water partition coefficient (Wildman–Crippen LogP) is 3.55. The monoisotopic (exact) mass is 293 g/mol. The van der Waals surface area contributed by atoms with Gasteiger partial charge in [-0.05, 0) is 31.2 Å². The van der Waals surface area contributed by atoms with Crippen LogP contribution >= 0.6 is 11.6 Å². The molecule has 0 saturated heterocycles. The van der Waals surface area contributed by atoms with Crippen molar-refractivity contribution >= 4 is 17.3 Å². The third-order valence-electron chi connectivity index (χ3n) is 3.07. The Morgan fingerprint density at radius 3 is 2.80 bits per heavy atom. The van der Waals surface area contributed by atoms with Crippen LogP contribution in [0.1, 0.15) is 30.5 Å². The highest BCUT2D eigenvalue weighted by Gasteiger charge is 2.19. The van der Waals surface area contributed by atoms with E-state index in [9.17, 15) is 4.39 Å². The molecule has 1 aromatic heterocycles. The average molecular weight is 294 g/mol. The van der Waals surface area contributed by atoms with Gasteiger partial charge in [0.2, 0.25) is 0 Å². The number of nitrogens with one attached hydrogen (secondary N) is 1. The number of benzene rings is 1. The topological polar surface area (TPSA) is 50.9 Å². The number of rotatable bonds is 5. The minimum Gasteiger partial charge on any atom is -0.398 e. The van der Waals surface area contributed by atoms with E-state index in [1.165, 1.54) is 6.07 Å². The molecular weight excluding hydrogens is 277 g/mol. The van der Waals surface area contributed by atoms with Crippen LogP contribution in [0, 0.1) is 5.82 Å². The number of aromatic nitrogens is 1. The standard InChI is InChI=1S/C15H17ClFN3/c1-2-6-20-15(12-9-19-7-5-14(12)18)11-4-3-10(16)8-13(11)17/h3-5,7-9,15,20H,2,6H2,1H3,(H2,18,19). The lowest BCUT2D eigenvalue weighted by Gasteiger charge is -2.21. The van der Waals surface area contributed by atoms with E-state index in [0.717, 1.165) is 18.5 Å². The van der Waals surface area contributed by atoms with Crippen molar-refractivity contribution in [2.45, 2.75) is 19.4 Å². The number of hydrogen-bond acceptors (Lipinski definition) is 3. The molecule has 5 heteroatoms. The maximum absolute atomic E-state index is 14.2. The molecule has 0 saturated carbocycles. The Bertz CT molecular complexity index is 589. The van der Waals surface area contributed by atoms with Crippen LogP contribution < -0.4 is 11.1 Å². The van der Waals surface area contributed by atoms with Gasteiger partial charge >= 0.3 is 0 Å². The Labute approximate surface area is 123 Å². The molecule has 2 aromatic rings. The van der Waals surface area contributed by atoms with E-state index in [1.54, 1.807) is 30.6 Å². The molecule has 0 fully saturated rings. The number of hydrogen-bond donors (Lipinski definition) is 2. The number of nitrogens with zero attached hydrogens (tertiary/aromatic N) is 1. The van der Waals surface area contributed by atoms with Crippen molar-refractivity contribution in [3.63, 3.8) is 0 Å². The fraction of sp³-hybridized carbons (Fsp3) is 0.267. The van der Waals surface area contributed by atoms with Crippen molar-refractivity contribution < 1.29 is 4.39 Å². The number of nitrogens with two attached hydrogens (primary N) is 1. The van der Waals surface area contributed by atoms with E-state index >= 15 is 0 Å². The molecule has 0 aliphatic heterocycles. The van der Waals surface area contributed by atoms with Gasteiger partial charge in [0.1, 0.15) is 5.82 Å². The van der Waals surface area contributed by atoms with Crippen LogP contribution in [0.3, 0.4) is 0 Å². The normalized spacial score (nSPS) is 12.3. The molecule has 20 heavy (non-hydrogen) atoms. The van der Waals surface area contributed by atoms with Crippen molar-refractivity contribution in [1.29, 1.82) is 0 Å². The zero-order chi connectivity index (χ0) is 14.5. The summed E-state index contributed by atoms with van der Waals surface area (Å²) >= 11 is 5.81. The van der Waals surface area contributed by atoms with Crippen LogP contribution in [-0.4, -0.2) is 11.5 Å². The largest absolute Gasteiger partial charge is 0.398 e. The van der Waals surface area contributed by atoms with Crippen LogP contribution in [0.2, 0.25) is 5.02 Å². The Morgan fingerprint density at radius 2 is 2.15 bits per heavy atom. The van der Waals surface area contributed by atoms with Gasteiger partial charge in [0.25, 0.3) is 0 Å². The molecule has 0 amide bonds. The SMILES string of the molecule is CCCNC(c1cnccc1N)c1ccc(Cl)cc1F. The molecule has 1 heterocycles. The van der Waals surface area contributed by atoms with E-state index in [1.807, 2.05) is 0 Å².